The topological polar surface area (TPSA) is 17.1 Å². The van der Waals surface area contributed by atoms with Crippen molar-refractivity contribution in [3.63, 3.8) is 0 Å². The van der Waals surface area contributed by atoms with Crippen LogP contribution in [0, 0.1) is 11.8 Å². The maximum Gasteiger partial charge on any atom is 0.188 e. The molecule has 0 amide bonds. The molecule has 0 fully saturated rings. The van der Waals surface area contributed by atoms with Gasteiger partial charge in [0.2, 0.25) is 0 Å². The van der Waals surface area contributed by atoms with Crippen LogP contribution in [0.25, 0.3) is 0 Å². The highest BCUT2D eigenvalue weighted by atomic mass is 32.1. The number of hydrogen-bond donors (Lipinski definition) is 1. The smallest absolute Gasteiger partial charge is 0.188 e. The lowest BCUT2D eigenvalue weighted by atomic mass is 9.89. The highest BCUT2D eigenvalue weighted by molar-refractivity contribution is 7.96. The molecule has 0 aliphatic rings. The molecular formula is C15H30OS. The molecule has 0 saturated heterocycles. The Morgan fingerprint density at radius 3 is 2.06 bits per heavy atom. The van der Waals surface area contributed by atoms with Crippen LogP contribution in [-0.4, -0.2) is 5.12 Å². The summed E-state index contributed by atoms with van der Waals surface area (Å²) < 4.78 is 0. The zero-order valence-electron chi connectivity index (χ0n) is 11.9. The lowest BCUT2D eigenvalue weighted by Crippen LogP contribution is -2.08. The number of hydrogen-bond acceptors (Lipinski definition) is 1. The van der Waals surface area contributed by atoms with Crippen molar-refractivity contribution in [2.75, 3.05) is 0 Å². The SMILES string of the molecule is CCCCCC(CCCC)CCC(C)C(=O)S. The quantitative estimate of drug-likeness (QED) is 0.396. The average Bonchev–Trinajstić information content (AvgIpc) is 2.31. The molecule has 0 aromatic rings. The van der Waals surface area contributed by atoms with E-state index >= 15 is 0 Å². The Morgan fingerprint density at radius 2 is 1.53 bits per heavy atom. The van der Waals surface area contributed by atoms with Crippen molar-refractivity contribution in [3.8, 4) is 0 Å². The minimum atomic E-state index is 0.0489. The number of carbonyl (C=O) groups is 1. The van der Waals surface area contributed by atoms with Crippen molar-refractivity contribution in [2.24, 2.45) is 11.8 Å². The summed E-state index contributed by atoms with van der Waals surface area (Å²) in [5, 5.41) is 0.0489. The predicted octanol–water partition coefficient (Wildman–Crippen LogP) is 5.25. The van der Waals surface area contributed by atoms with Gasteiger partial charge in [-0.15, -0.1) is 12.6 Å². The molecule has 0 aliphatic carbocycles. The Bertz CT molecular complexity index is 191. The van der Waals surface area contributed by atoms with Crippen molar-refractivity contribution in [2.45, 2.75) is 78.6 Å². The van der Waals surface area contributed by atoms with Gasteiger partial charge in [-0.05, 0) is 18.8 Å². The fourth-order valence-electron chi connectivity index (χ4n) is 2.22. The van der Waals surface area contributed by atoms with E-state index in [1.54, 1.807) is 0 Å². The third-order valence-corrected chi connectivity index (χ3v) is 4.05. The first-order chi connectivity index (χ1) is 8.11. The molecule has 2 unspecified atom stereocenters. The zero-order valence-corrected chi connectivity index (χ0v) is 12.8. The van der Waals surface area contributed by atoms with Gasteiger partial charge in [0, 0.05) is 5.92 Å². The first-order valence-corrected chi connectivity index (χ1v) is 7.79. The van der Waals surface area contributed by atoms with Crippen LogP contribution >= 0.6 is 12.6 Å². The second-order valence-electron chi connectivity index (χ2n) is 5.32. The predicted molar refractivity (Wildman–Crippen MR) is 79.5 cm³/mol. The van der Waals surface area contributed by atoms with E-state index in [9.17, 15) is 4.79 Å². The molecule has 1 nitrogen and oxygen atoms in total. The average molecular weight is 258 g/mol. The van der Waals surface area contributed by atoms with Crippen molar-refractivity contribution < 1.29 is 4.79 Å². The lowest BCUT2D eigenvalue weighted by molar-refractivity contribution is -0.114. The number of carbonyl (C=O) groups excluding carboxylic acids is 1. The first-order valence-electron chi connectivity index (χ1n) is 7.34. The van der Waals surface area contributed by atoms with Gasteiger partial charge in [0.1, 0.15) is 0 Å². The largest absolute Gasteiger partial charge is 0.287 e. The monoisotopic (exact) mass is 258 g/mol. The molecular weight excluding hydrogens is 228 g/mol. The van der Waals surface area contributed by atoms with E-state index in [1.165, 1.54) is 51.4 Å². The summed E-state index contributed by atoms with van der Waals surface area (Å²) in [4.78, 5) is 11.1. The Morgan fingerprint density at radius 1 is 0.941 bits per heavy atom. The van der Waals surface area contributed by atoms with Gasteiger partial charge in [-0.3, -0.25) is 4.79 Å². The van der Waals surface area contributed by atoms with Crippen molar-refractivity contribution in [3.05, 3.63) is 0 Å². The van der Waals surface area contributed by atoms with Crippen LogP contribution in [0.1, 0.15) is 78.6 Å². The summed E-state index contributed by atoms with van der Waals surface area (Å²) in [6.07, 6.45) is 11.5. The zero-order chi connectivity index (χ0) is 13.1. The summed E-state index contributed by atoms with van der Waals surface area (Å²) in [5.41, 5.74) is 0. The van der Waals surface area contributed by atoms with E-state index in [0.29, 0.717) is 0 Å². The summed E-state index contributed by atoms with van der Waals surface area (Å²) >= 11 is 3.91. The molecule has 0 bridgehead atoms. The Labute approximate surface area is 113 Å². The molecule has 17 heavy (non-hydrogen) atoms. The van der Waals surface area contributed by atoms with Crippen LogP contribution in [-0.2, 0) is 4.79 Å². The van der Waals surface area contributed by atoms with E-state index < -0.39 is 0 Å². The van der Waals surface area contributed by atoms with Gasteiger partial charge in [0.15, 0.2) is 5.12 Å². The molecule has 0 aromatic heterocycles. The summed E-state index contributed by atoms with van der Waals surface area (Å²) in [7, 11) is 0. The highest BCUT2D eigenvalue weighted by Crippen LogP contribution is 2.24. The third kappa shape index (κ3) is 9.70. The molecule has 2 atom stereocenters. The number of thiol groups is 1. The summed E-state index contributed by atoms with van der Waals surface area (Å²) in [6, 6.07) is 0. The molecule has 0 heterocycles. The number of rotatable bonds is 11. The molecule has 0 radical (unpaired) electrons. The standard InChI is InChI=1S/C15H30OS/c1-4-6-8-10-14(9-7-5-2)12-11-13(3)15(16)17/h13-14H,4-12H2,1-3H3,(H,16,17). The van der Waals surface area contributed by atoms with Crippen LogP contribution in [0.15, 0.2) is 0 Å². The molecule has 0 saturated carbocycles. The summed E-state index contributed by atoms with van der Waals surface area (Å²) in [5.74, 6) is 0.963. The molecule has 0 N–H and O–H groups in total. The Kier molecular flexibility index (Phi) is 11.1. The van der Waals surface area contributed by atoms with Crippen molar-refractivity contribution in [1.29, 1.82) is 0 Å². The van der Waals surface area contributed by atoms with Crippen LogP contribution in [0.4, 0.5) is 0 Å². The number of unbranched alkanes of at least 4 members (excludes halogenated alkanes) is 3. The normalized spacial score (nSPS) is 14.6. The van der Waals surface area contributed by atoms with E-state index in [4.69, 9.17) is 0 Å². The van der Waals surface area contributed by atoms with Crippen molar-refractivity contribution in [1.82, 2.24) is 0 Å². The molecule has 102 valence electrons. The molecule has 0 aliphatic heterocycles. The maximum absolute atomic E-state index is 11.1. The maximum atomic E-state index is 11.1. The van der Waals surface area contributed by atoms with Crippen LogP contribution in [0.3, 0.4) is 0 Å². The van der Waals surface area contributed by atoms with E-state index in [-0.39, 0.29) is 11.0 Å². The molecule has 2 heteroatoms. The fraction of sp³-hybridized carbons (Fsp3) is 0.933. The van der Waals surface area contributed by atoms with Gasteiger partial charge in [-0.1, -0.05) is 65.7 Å². The van der Waals surface area contributed by atoms with E-state index in [1.807, 2.05) is 6.92 Å². The van der Waals surface area contributed by atoms with Gasteiger partial charge < -0.3 is 0 Å². The van der Waals surface area contributed by atoms with Crippen LogP contribution in [0.2, 0.25) is 0 Å². The molecule has 0 aromatic carbocycles. The van der Waals surface area contributed by atoms with Gasteiger partial charge >= 0.3 is 0 Å². The Balaban J connectivity index is 3.86. The fourth-order valence-corrected chi connectivity index (χ4v) is 2.35. The Hall–Kier alpha value is 0.0200. The summed E-state index contributed by atoms with van der Waals surface area (Å²) in [6.45, 7) is 6.50. The third-order valence-electron chi connectivity index (χ3n) is 3.61. The van der Waals surface area contributed by atoms with E-state index in [2.05, 4.69) is 26.5 Å². The molecule has 0 spiro atoms. The second-order valence-corrected chi connectivity index (χ2v) is 5.76. The van der Waals surface area contributed by atoms with Crippen LogP contribution < -0.4 is 0 Å². The highest BCUT2D eigenvalue weighted by Gasteiger charge is 2.13. The van der Waals surface area contributed by atoms with Crippen molar-refractivity contribution >= 4 is 17.7 Å². The molecule has 0 rings (SSSR count). The first kappa shape index (κ1) is 17.0. The van der Waals surface area contributed by atoms with E-state index in [0.717, 1.165) is 12.3 Å². The van der Waals surface area contributed by atoms with Crippen LogP contribution in [0.5, 0.6) is 0 Å². The lowest BCUT2D eigenvalue weighted by Gasteiger charge is -2.18. The van der Waals surface area contributed by atoms with Gasteiger partial charge in [-0.2, -0.15) is 0 Å². The minimum absolute atomic E-state index is 0.0489. The second kappa shape index (κ2) is 11.1. The van der Waals surface area contributed by atoms with Gasteiger partial charge in [-0.25, -0.2) is 0 Å². The van der Waals surface area contributed by atoms with Gasteiger partial charge in [0.25, 0.3) is 0 Å². The van der Waals surface area contributed by atoms with Gasteiger partial charge in [0.05, 0.1) is 0 Å². The minimum Gasteiger partial charge on any atom is -0.287 e.